The Labute approximate surface area is 197 Å². The SMILES string of the molecule is COc1ccc(Cl)cc1N1C(=O)c2cc3occc3n2CC1(C)C(=O)NC1CCCCC1C. The molecule has 3 aromatic rings. The molecule has 5 rings (SSSR count). The van der Waals surface area contributed by atoms with Crippen LogP contribution in [0.25, 0.3) is 11.1 Å². The van der Waals surface area contributed by atoms with Crippen LogP contribution in [-0.4, -0.2) is 35.1 Å². The van der Waals surface area contributed by atoms with E-state index in [1.165, 1.54) is 18.4 Å². The van der Waals surface area contributed by atoms with Crippen molar-refractivity contribution in [3.63, 3.8) is 0 Å². The molecule has 0 saturated heterocycles. The van der Waals surface area contributed by atoms with Crippen LogP contribution in [0.15, 0.2) is 41.0 Å². The Bertz CT molecular complexity index is 1230. The quantitative estimate of drug-likeness (QED) is 0.582. The van der Waals surface area contributed by atoms with Crippen LogP contribution in [0, 0.1) is 5.92 Å². The predicted molar refractivity (Wildman–Crippen MR) is 127 cm³/mol. The fourth-order valence-electron chi connectivity index (χ4n) is 5.28. The number of nitrogens with zero attached hydrogens (tertiary/aromatic N) is 2. The van der Waals surface area contributed by atoms with Crippen LogP contribution in [0.1, 0.15) is 50.0 Å². The lowest BCUT2D eigenvalue weighted by Crippen LogP contribution is -2.65. The van der Waals surface area contributed by atoms with Crippen LogP contribution in [0.4, 0.5) is 5.69 Å². The normalized spacial score (nSPS) is 25.2. The average Bonchev–Trinajstić information content (AvgIpc) is 3.38. The molecular weight excluding hydrogens is 442 g/mol. The first-order valence-corrected chi connectivity index (χ1v) is 11.8. The lowest BCUT2D eigenvalue weighted by atomic mass is 9.84. The minimum absolute atomic E-state index is 0.0845. The molecule has 174 valence electrons. The molecule has 1 aliphatic carbocycles. The summed E-state index contributed by atoms with van der Waals surface area (Å²) in [5.74, 6) is 0.374. The monoisotopic (exact) mass is 469 g/mol. The highest BCUT2D eigenvalue weighted by Crippen LogP contribution is 2.41. The Balaban J connectivity index is 1.64. The first kappa shape index (κ1) is 21.9. The third-order valence-electron chi connectivity index (χ3n) is 7.20. The Hall–Kier alpha value is -2.93. The smallest absolute Gasteiger partial charge is 0.276 e. The van der Waals surface area contributed by atoms with Crippen LogP contribution < -0.4 is 15.0 Å². The van der Waals surface area contributed by atoms with Gasteiger partial charge in [-0.1, -0.05) is 31.4 Å². The number of nitrogens with one attached hydrogen (secondary N) is 1. The molecule has 1 aromatic carbocycles. The molecule has 8 heteroatoms. The highest BCUT2D eigenvalue weighted by Gasteiger charge is 2.50. The van der Waals surface area contributed by atoms with Crippen molar-refractivity contribution in [2.75, 3.05) is 12.0 Å². The first-order valence-electron chi connectivity index (χ1n) is 11.4. The number of fused-ring (bicyclic) bond motifs is 3. The molecule has 33 heavy (non-hydrogen) atoms. The summed E-state index contributed by atoms with van der Waals surface area (Å²) in [6.45, 7) is 4.26. The highest BCUT2D eigenvalue weighted by atomic mass is 35.5. The van der Waals surface area contributed by atoms with Gasteiger partial charge in [0.05, 0.1) is 31.1 Å². The van der Waals surface area contributed by atoms with Crippen molar-refractivity contribution in [2.24, 2.45) is 5.92 Å². The Morgan fingerprint density at radius 3 is 2.79 bits per heavy atom. The van der Waals surface area contributed by atoms with Crippen LogP contribution in [0.5, 0.6) is 5.75 Å². The van der Waals surface area contributed by atoms with Gasteiger partial charge in [0, 0.05) is 23.2 Å². The van der Waals surface area contributed by atoms with Crippen molar-refractivity contribution in [1.29, 1.82) is 0 Å². The maximum absolute atomic E-state index is 13.9. The van der Waals surface area contributed by atoms with Gasteiger partial charge in [0.1, 0.15) is 17.0 Å². The van der Waals surface area contributed by atoms with E-state index in [1.54, 1.807) is 30.5 Å². The lowest BCUT2D eigenvalue weighted by molar-refractivity contribution is -0.127. The zero-order chi connectivity index (χ0) is 23.3. The lowest BCUT2D eigenvalue weighted by Gasteiger charge is -2.45. The van der Waals surface area contributed by atoms with Crippen molar-refractivity contribution in [2.45, 2.75) is 57.7 Å². The fraction of sp³-hybridized carbons (Fsp3) is 0.440. The highest BCUT2D eigenvalue weighted by molar-refractivity contribution is 6.31. The summed E-state index contributed by atoms with van der Waals surface area (Å²) in [7, 11) is 1.54. The summed E-state index contributed by atoms with van der Waals surface area (Å²) < 4.78 is 13.0. The molecule has 1 fully saturated rings. The minimum Gasteiger partial charge on any atom is -0.495 e. The van der Waals surface area contributed by atoms with Gasteiger partial charge in [0.25, 0.3) is 5.91 Å². The number of hydrogen-bond donors (Lipinski definition) is 1. The average molecular weight is 470 g/mol. The summed E-state index contributed by atoms with van der Waals surface area (Å²) in [6, 6.07) is 8.73. The van der Waals surface area contributed by atoms with Gasteiger partial charge >= 0.3 is 0 Å². The fourth-order valence-corrected chi connectivity index (χ4v) is 5.45. The summed E-state index contributed by atoms with van der Waals surface area (Å²) >= 11 is 6.32. The number of ether oxygens (including phenoxy) is 1. The van der Waals surface area contributed by atoms with Crippen LogP contribution in [0.3, 0.4) is 0 Å². The Morgan fingerprint density at radius 2 is 2.03 bits per heavy atom. The molecule has 1 N–H and O–H groups in total. The van der Waals surface area contributed by atoms with E-state index >= 15 is 0 Å². The number of halogens is 1. The molecule has 0 spiro atoms. The maximum Gasteiger partial charge on any atom is 0.276 e. The van der Waals surface area contributed by atoms with E-state index < -0.39 is 5.54 Å². The molecule has 1 aliphatic heterocycles. The number of carbonyl (C=O) groups excluding carboxylic acids is 2. The molecule has 2 aliphatic rings. The van der Waals surface area contributed by atoms with Gasteiger partial charge in [-0.3, -0.25) is 14.5 Å². The zero-order valence-corrected chi connectivity index (χ0v) is 19.8. The number of anilines is 1. The van der Waals surface area contributed by atoms with Crippen molar-refractivity contribution < 1.29 is 18.7 Å². The van der Waals surface area contributed by atoms with Crippen molar-refractivity contribution >= 4 is 40.2 Å². The second-order valence-electron chi connectivity index (χ2n) is 9.36. The number of hydrogen-bond acceptors (Lipinski definition) is 4. The third-order valence-corrected chi connectivity index (χ3v) is 7.44. The number of benzene rings is 1. The van der Waals surface area contributed by atoms with E-state index in [1.807, 2.05) is 17.6 Å². The number of rotatable bonds is 4. The van der Waals surface area contributed by atoms with E-state index in [9.17, 15) is 9.59 Å². The van der Waals surface area contributed by atoms with Gasteiger partial charge in [-0.25, -0.2) is 0 Å². The summed E-state index contributed by atoms with van der Waals surface area (Å²) in [5.41, 5.74) is 1.13. The molecule has 2 aromatic heterocycles. The zero-order valence-electron chi connectivity index (χ0n) is 19.1. The minimum atomic E-state index is -1.21. The first-order chi connectivity index (χ1) is 15.8. The molecule has 1 saturated carbocycles. The second kappa shape index (κ2) is 8.13. The van der Waals surface area contributed by atoms with Gasteiger partial charge < -0.3 is 19.0 Å². The van der Waals surface area contributed by atoms with E-state index in [0.717, 1.165) is 24.8 Å². The van der Waals surface area contributed by atoms with E-state index in [-0.39, 0.29) is 24.4 Å². The molecule has 0 bridgehead atoms. The van der Waals surface area contributed by atoms with Crippen LogP contribution >= 0.6 is 11.6 Å². The molecular formula is C25H28ClN3O4. The molecule has 7 nitrogen and oxygen atoms in total. The van der Waals surface area contributed by atoms with E-state index in [0.29, 0.717) is 33.7 Å². The number of methoxy groups -OCH3 is 1. The largest absolute Gasteiger partial charge is 0.495 e. The van der Waals surface area contributed by atoms with Crippen molar-refractivity contribution in [3.8, 4) is 5.75 Å². The van der Waals surface area contributed by atoms with Gasteiger partial charge in [-0.2, -0.15) is 0 Å². The maximum atomic E-state index is 13.9. The van der Waals surface area contributed by atoms with Crippen molar-refractivity contribution in [3.05, 3.63) is 47.3 Å². The standard InChI is InChI=1S/C25H28ClN3O4/c1-15-6-4-5-7-17(15)27-24(31)25(2)14-28-18-10-11-33-22(18)13-20(28)23(30)29(25)19-12-16(26)8-9-21(19)32-3/h8-13,15,17H,4-7,14H2,1-3H3,(H,27,31). The van der Waals surface area contributed by atoms with Crippen LogP contribution in [-0.2, 0) is 11.3 Å². The number of furan rings is 1. The topological polar surface area (TPSA) is 76.7 Å². The van der Waals surface area contributed by atoms with Gasteiger partial charge in [-0.05, 0) is 43.9 Å². The Morgan fingerprint density at radius 1 is 1.24 bits per heavy atom. The Kier molecular flexibility index (Phi) is 5.40. The summed E-state index contributed by atoms with van der Waals surface area (Å²) in [6.07, 6.45) is 5.90. The number of aromatic nitrogens is 1. The molecule has 3 unspecified atom stereocenters. The van der Waals surface area contributed by atoms with Crippen LogP contribution in [0.2, 0.25) is 5.02 Å². The molecule has 2 amide bonds. The molecule has 0 radical (unpaired) electrons. The van der Waals surface area contributed by atoms with Gasteiger partial charge in [-0.15, -0.1) is 0 Å². The summed E-state index contributed by atoms with van der Waals surface area (Å²) in [4.78, 5) is 29.4. The second-order valence-corrected chi connectivity index (χ2v) is 9.79. The molecule has 3 heterocycles. The molecule has 3 atom stereocenters. The van der Waals surface area contributed by atoms with E-state index in [4.69, 9.17) is 20.8 Å². The number of amides is 2. The number of carbonyl (C=O) groups is 2. The van der Waals surface area contributed by atoms with Crippen molar-refractivity contribution in [1.82, 2.24) is 9.88 Å². The predicted octanol–water partition coefficient (Wildman–Crippen LogP) is 5.01. The summed E-state index contributed by atoms with van der Waals surface area (Å²) in [5, 5.41) is 3.73. The van der Waals surface area contributed by atoms with E-state index in [2.05, 4.69) is 12.2 Å². The third kappa shape index (κ3) is 3.50. The van der Waals surface area contributed by atoms with Gasteiger partial charge in [0.15, 0.2) is 5.58 Å². The van der Waals surface area contributed by atoms with Gasteiger partial charge in [0.2, 0.25) is 5.91 Å².